The molecule has 1 aromatic heterocycles. The van der Waals surface area contributed by atoms with Crippen LogP contribution in [0.1, 0.15) is 18.3 Å². The van der Waals surface area contributed by atoms with Gasteiger partial charge in [0.1, 0.15) is 5.82 Å². The van der Waals surface area contributed by atoms with Gasteiger partial charge in [-0.1, -0.05) is 12.1 Å². The van der Waals surface area contributed by atoms with E-state index in [0.717, 1.165) is 24.5 Å². The Morgan fingerprint density at radius 1 is 1.32 bits per heavy atom. The number of methoxy groups -OCH3 is 1. The molecular formula is C14H16IN3O. The lowest BCUT2D eigenvalue weighted by Crippen LogP contribution is -2.16. The molecule has 0 amide bonds. The fourth-order valence-electron chi connectivity index (χ4n) is 2.38. The van der Waals surface area contributed by atoms with Gasteiger partial charge in [0.05, 0.1) is 24.0 Å². The highest BCUT2D eigenvalue weighted by molar-refractivity contribution is 14.1. The number of ether oxygens (including phenoxy) is 1. The second kappa shape index (κ2) is 5.60. The molecule has 0 bridgehead atoms. The number of H-pyrrole nitrogens is 1. The summed E-state index contributed by atoms with van der Waals surface area (Å²) in [5.41, 5.74) is 2.23. The maximum Gasteiger partial charge on any atom is 0.123 e. The third-order valence-electron chi connectivity index (χ3n) is 3.50. The number of nitrogens with zero attached hydrogens (tertiary/aromatic N) is 1. The van der Waals surface area contributed by atoms with Crippen molar-refractivity contribution in [1.82, 2.24) is 15.3 Å². The molecule has 2 N–H and O–H groups in total. The predicted octanol–water partition coefficient (Wildman–Crippen LogP) is 2.73. The maximum absolute atomic E-state index is 5.36. The molecule has 2 heterocycles. The molecule has 5 heteroatoms. The predicted molar refractivity (Wildman–Crippen MR) is 82.9 cm³/mol. The van der Waals surface area contributed by atoms with Gasteiger partial charge in [0, 0.05) is 17.2 Å². The highest BCUT2D eigenvalue weighted by Gasteiger charge is 2.27. The van der Waals surface area contributed by atoms with E-state index in [2.05, 4.69) is 62.1 Å². The van der Waals surface area contributed by atoms with Crippen LogP contribution in [0.3, 0.4) is 0 Å². The van der Waals surface area contributed by atoms with Crippen LogP contribution in [-0.2, 0) is 4.74 Å². The molecule has 4 nitrogen and oxygen atoms in total. The van der Waals surface area contributed by atoms with Crippen LogP contribution < -0.4 is 5.32 Å². The molecule has 3 rings (SSSR count). The van der Waals surface area contributed by atoms with Gasteiger partial charge in [-0.05, 0) is 46.7 Å². The first-order chi connectivity index (χ1) is 9.26. The zero-order valence-corrected chi connectivity index (χ0v) is 12.8. The van der Waals surface area contributed by atoms with E-state index in [1.165, 1.54) is 9.13 Å². The van der Waals surface area contributed by atoms with Crippen LogP contribution in [0, 0.1) is 3.57 Å². The van der Waals surface area contributed by atoms with E-state index in [-0.39, 0.29) is 12.1 Å². The Bertz CT molecular complexity index is 552. The Morgan fingerprint density at radius 3 is 2.79 bits per heavy atom. The minimum atomic E-state index is 0.266. The number of halogens is 1. The van der Waals surface area contributed by atoms with Crippen LogP contribution in [0.5, 0.6) is 0 Å². The summed E-state index contributed by atoms with van der Waals surface area (Å²) in [7, 11) is 1.76. The quantitative estimate of drug-likeness (QED) is 0.819. The number of aromatic nitrogens is 2. The van der Waals surface area contributed by atoms with E-state index in [4.69, 9.17) is 4.74 Å². The summed E-state index contributed by atoms with van der Waals surface area (Å²) >= 11 is 2.31. The van der Waals surface area contributed by atoms with Crippen molar-refractivity contribution in [1.29, 1.82) is 0 Å². The molecule has 1 aliphatic heterocycles. The number of benzene rings is 1. The highest BCUT2D eigenvalue weighted by Crippen LogP contribution is 2.25. The number of imidazole rings is 1. The van der Waals surface area contributed by atoms with Crippen molar-refractivity contribution in [2.24, 2.45) is 0 Å². The number of hydrogen-bond donors (Lipinski definition) is 2. The van der Waals surface area contributed by atoms with Gasteiger partial charge in [0.2, 0.25) is 0 Å². The van der Waals surface area contributed by atoms with Crippen LogP contribution in [0.25, 0.3) is 11.3 Å². The van der Waals surface area contributed by atoms with Crippen LogP contribution >= 0.6 is 22.6 Å². The molecule has 19 heavy (non-hydrogen) atoms. The normalized spacial score (nSPS) is 22.8. The highest BCUT2D eigenvalue weighted by atomic mass is 127. The van der Waals surface area contributed by atoms with E-state index in [1.807, 2.05) is 6.20 Å². The van der Waals surface area contributed by atoms with Gasteiger partial charge in [0.15, 0.2) is 0 Å². The van der Waals surface area contributed by atoms with Gasteiger partial charge in [-0.25, -0.2) is 4.98 Å². The molecule has 2 aromatic rings. The van der Waals surface area contributed by atoms with Gasteiger partial charge < -0.3 is 15.0 Å². The summed E-state index contributed by atoms with van der Waals surface area (Å²) < 4.78 is 6.60. The number of aromatic amines is 1. The second-order valence-corrected chi connectivity index (χ2v) is 5.99. The first-order valence-corrected chi connectivity index (χ1v) is 7.41. The maximum atomic E-state index is 5.36. The van der Waals surface area contributed by atoms with E-state index in [9.17, 15) is 0 Å². The van der Waals surface area contributed by atoms with E-state index in [1.54, 1.807) is 7.11 Å². The molecular weight excluding hydrogens is 353 g/mol. The van der Waals surface area contributed by atoms with Gasteiger partial charge in [-0.15, -0.1) is 0 Å². The van der Waals surface area contributed by atoms with Crippen molar-refractivity contribution in [3.05, 3.63) is 39.9 Å². The minimum absolute atomic E-state index is 0.266. The molecule has 0 aliphatic carbocycles. The lowest BCUT2D eigenvalue weighted by molar-refractivity contribution is 0.117. The molecule has 0 saturated carbocycles. The molecule has 1 fully saturated rings. The summed E-state index contributed by atoms with van der Waals surface area (Å²) in [5.74, 6) is 0.994. The zero-order chi connectivity index (χ0) is 13.2. The molecule has 2 unspecified atom stereocenters. The van der Waals surface area contributed by atoms with Crippen molar-refractivity contribution >= 4 is 22.6 Å². The molecule has 100 valence electrons. The van der Waals surface area contributed by atoms with Crippen LogP contribution in [0.15, 0.2) is 30.5 Å². The summed E-state index contributed by atoms with van der Waals surface area (Å²) in [6.45, 7) is 0.890. The Morgan fingerprint density at radius 2 is 2.11 bits per heavy atom. The van der Waals surface area contributed by atoms with Crippen LogP contribution in [0.2, 0.25) is 0 Å². The Hall–Kier alpha value is -0.920. The van der Waals surface area contributed by atoms with Crippen molar-refractivity contribution in [2.75, 3.05) is 13.7 Å². The number of hydrogen-bond acceptors (Lipinski definition) is 3. The van der Waals surface area contributed by atoms with Gasteiger partial charge in [0.25, 0.3) is 0 Å². The molecule has 1 saturated heterocycles. The molecule has 1 aliphatic rings. The Balaban J connectivity index is 1.78. The molecule has 0 radical (unpaired) electrons. The summed E-state index contributed by atoms with van der Waals surface area (Å²) in [6.07, 6.45) is 3.16. The first-order valence-electron chi connectivity index (χ1n) is 6.33. The Labute approximate surface area is 126 Å². The third-order valence-corrected chi connectivity index (χ3v) is 4.22. The summed E-state index contributed by atoms with van der Waals surface area (Å²) in [5, 5.41) is 3.43. The smallest absolute Gasteiger partial charge is 0.123 e. The van der Waals surface area contributed by atoms with Gasteiger partial charge in [-0.3, -0.25) is 0 Å². The van der Waals surface area contributed by atoms with Gasteiger partial charge in [-0.2, -0.15) is 0 Å². The molecule has 1 aromatic carbocycles. The second-order valence-electron chi connectivity index (χ2n) is 4.74. The Kier molecular flexibility index (Phi) is 3.86. The topological polar surface area (TPSA) is 49.9 Å². The largest absolute Gasteiger partial charge is 0.380 e. The van der Waals surface area contributed by atoms with Gasteiger partial charge >= 0.3 is 0 Å². The zero-order valence-electron chi connectivity index (χ0n) is 10.7. The van der Waals surface area contributed by atoms with Crippen molar-refractivity contribution < 1.29 is 4.74 Å². The van der Waals surface area contributed by atoms with Crippen molar-refractivity contribution in [3.63, 3.8) is 0 Å². The van der Waals surface area contributed by atoms with E-state index in [0.29, 0.717) is 0 Å². The van der Waals surface area contributed by atoms with Crippen molar-refractivity contribution in [2.45, 2.75) is 18.6 Å². The third kappa shape index (κ3) is 2.82. The van der Waals surface area contributed by atoms with Crippen molar-refractivity contribution in [3.8, 4) is 11.3 Å². The van der Waals surface area contributed by atoms with Crippen LogP contribution in [-0.4, -0.2) is 29.7 Å². The average molecular weight is 369 g/mol. The average Bonchev–Trinajstić information content (AvgIpc) is 3.08. The van der Waals surface area contributed by atoms with E-state index >= 15 is 0 Å². The lowest BCUT2D eigenvalue weighted by atomic mass is 10.2. The SMILES string of the molecule is COC1CNC(c2ncc(-c3ccc(I)cc3)[nH]2)C1. The first kappa shape index (κ1) is 13.1. The number of rotatable bonds is 3. The fraction of sp³-hybridized carbons (Fsp3) is 0.357. The summed E-state index contributed by atoms with van der Waals surface area (Å²) in [6, 6.07) is 8.69. The van der Waals surface area contributed by atoms with E-state index < -0.39 is 0 Å². The monoisotopic (exact) mass is 369 g/mol. The number of nitrogens with one attached hydrogen (secondary N) is 2. The minimum Gasteiger partial charge on any atom is -0.380 e. The summed E-state index contributed by atoms with van der Waals surface area (Å²) in [4.78, 5) is 7.89. The van der Waals surface area contributed by atoms with Crippen LogP contribution in [0.4, 0.5) is 0 Å². The fourth-order valence-corrected chi connectivity index (χ4v) is 2.74. The molecule has 2 atom stereocenters. The molecule has 0 spiro atoms. The standard InChI is InChI=1S/C14H16IN3O/c1-19-11-6-12(16-7-11)14-17-8-13(18-14)9-2-4-10(15)5-3-9/h2-5,8,11-12,16H,6-7H2,1H3,(H,17,18). The lowest BCUT2D eigenvalue weighted by Gasteiger charge is -2.06.